The van der Waals surface area contributed by atoms with Gasteiger partial charge in [0, 0.05) is 5.56 Å². The zero-order valence-electron chi connectivity index (χ0n) is 14.0. The Morgan fingerprint density at radius 1 is 1.04 bits per heavy atom. The molecule has 25 heavy (non-hydrogen) atoms. The highest BCUT2D eigenvalue weighted by molar-refractivity contribution is 5.95. The molecule has 0 spiro atoms. The van der Waals surface area contributed by atoms with Gasteiger partial charge in [0.1, 0.15) is 0 Å². The highest BCUT2D eigenvalue weighted by Gasteiger charge is 2.30. The standard InChI is InChI=1S/C18H18F3NO3/c1-11(12-5-4-6-14(9-12)18(19,20)21)22-17(23)13-7-8-15(24-2)16(10-13)25-3/h4-11H,1-3H3,(H,22,23)/t11-/m1/s1. The lowest BCUT2D eigenvalue weighted by Crippen LogP contribution is -2.26. The molecule has 7 heteroatoms. The van der Waals surface area contributed by atoms with Gasteiger partial charge in [0.05, 0.1) is 25.8 Å². The van der Waals surface area contributed by atoms with Crippen LogP contribution < -0.4 is 14.8 Å². The second kappa shape index (κ2) is 7.46. The maximum absolute atomic E-state index is 12.8. The molecule has 0 aliphatic carbocycles. The van der Waals surface area contributed by atoms with E-state index in [0.29, 0.717) is 22.6 Å². The van der Waals surface area contributed by atoms with Crippen molar-refractivity contribution in [3.05, 3.63) is 59.2 Å². The summed E-state index contributed by atoms with van der Waals surface area (Å²) < 4.78 is 48.6. The molecule has 1 amide bonds. The summed E-state index contributed by atoms with van der Waals surface area (Å²) in [6.07, 6.45) is -4.43. The van der Waals surface area contributed by atoms with Crippen LogP contribution in [0.2, 0.25) is 0 Å². The lowest BCUT2D eigenvalue weighted by Gasteiger charge is -2.17. The highest BCUT2D eigenvalue weighted by atomic mass is 19.4. The van der Waals surface area contributed by atoms with Gasteiger partial charge < -0.3 is 14.8 Å². The van der Waals surface area contributed by atoms with Crippen LogP contribution in [0.1, 0.15) is 34.5 Å². The van der Waals surface area contributed by atoms with Crippen molar-refractivity contribution in [2.45, 2.75) is 19.1 Å². The summed E-state index contributed by atoms with van der Waals surface area (Å²) in [5, 5.41) is 2.68. The number of benzene rings is 2. The third-order valence-corrected chi connectivity index (χ3v) is 3.71. The zero-order valence-corrected chi connectivity index (χ0v) is 14.0. The number of nitrogens with one attached hydrogen (secondary N) is 1. The van der Waals surface area contributed by atoms with Gasteiger partial charge >= 0.3 is 6.18 Å². The van der Waals surface area contributed by atoms with Gasteiger partial charge in [0.15, 0.2) is 11.5 Å². The van der Waals surface area contributed by atoms with Crippen LogP contribution in [0.25, 0.3) is 0 Å². The van der Waals surface area contributed by atoms with Gasteiger partial charge in [-0.3, -0.25) is 4.79 Å². The lowest BCUT2D eigenvalue weighted by molar-refractivity contribution is -0.137. The summed E-state index contributed by atoms with van der Waals surface area (Å²) >= 11 is 0. The van der Waals surface area contributed by atoms with Crippen molar-refractivity contribution < 1.29 is 27.4 Å². The summed E-state index contributed by atoms with van der Waals surface area (Å²) in [6, 6.07) is 8.92. The normalized spacial score (nSPS) is 12.4. The topological polar surface area (TPSA) is 47.6 Å². The molecular weight excluding hydrogens is 335 g/mol. The van der Waals surface area contributed by atoms with Gasteiger partial charge in [0.2, 0.25) is 0 Å². The monoisotopic (exact) mass is 353 g/mol. The Morgan fingerprint density at radius 3 is 2.32 bits per heavy atom. The summed E-state index contributed by atoms with van der Waals surface area (Å²) in [5.74, 6) is 0.442. The number of amides is 1. The number of methoxy groups -OCH3 is 2. The van der Waals surface area contributed by atoms with E-state index < -0.39 is 23.7 Å². The molecular formula is C18H18F3NO3. The van der Waals surface area contributed by atoms with E-state index in [-0.39, 0.29) is 0 Å². The predicted octanol–water partition coefficient (Wildman–Crippen LogP) is 4.21. The molecule has 2 aromatic carbocycles. The molecule has 2 aromatic rings. The smallest absolute Gasteiger partial charge is 0.416 e. The number of halogens is 3. The fourth-order valence-electron chi connectivity index (χ4n) is 2.33. The average Bonchev–Trinajstić information content (AvgIpc) is 2.60. The number of alkyl halides is 3. The Hall–Kier alpha value is -2.70. The van der Waals surface area contributed by atoms with E-state index in [1.54, 1.807) is 19.1 Å². The third-order valence-electron chi connectivity index (χ3n) is 3.71. The van der Waals surface area contributed by atoms with Crippen molar-refractivity contribution in [1.29, 1.82) is 0 Å². The van der Waals surface area contributed by atoms with Gasteiger partial charge in [0.25, 0.3) is 5.91 Å². The highest BCUT2D eigenvalue weighted by Crippen LogP contribution is 2.31. The molecule has 1 atom stereocenters. The Labute approximate surface area is 143 Å². The minimum atomic E-state index is -4.43. The average molecular weight is 353 g/mol. The molecule has 4 nitrogen and oxygen atoms in total. The van der Waals surface area contributed by atoms with Crippen molar-refractivity contribution in [3.63, 3.8) is 0 Å². The molecule has 0 aliphatic heterocycles. The fraction of sp³-hybridized carbons (Fsp3) is 0.278. The van der Waals surface area contributed by atoms with Gasteiger partial charge in [-0.05, 0) is 42.8 Å². The molecule has 0 fully saturated rings. The molecule has 0 radical (unpaired) electrons. The molecule has 0 aliphatic rings. The second-order valence-corrected chi connectivity index (χ2v) is 5.39. The van der Waals surface area contributed by atoms with E-state index >= 15 is 0 Å². The van der Waals surface area contributed by atoms with E-state index in [1.807, 2.05) is 0 Å². The minimum Gasteiger partial charge on any atom is -0.493 e. The van der Waals surface area contributed by atoms with Crippen LogP contribution in [-0.4, -0.2) is 20.1 Å². The largest absolute Gasteiger partial charge is 0.493 e. The van der Waals surface area contributed by atoms with Gasteiger partial charge in [-0.2, -0.15) is 13.2 Å². The van der Waals surface area contributed by atoms with Crippen molar-refractivity contribution >= 4 is 5.91 Å². The fourth-order valence-corrected chi connectivity index (χ4v) is 2.33. The second-order valence-electron chi connectivity index (χ2n) is 5.39. The Morgan fingerprint density at radius 2 is 1.72 bits per heavy atom. The van der Waals surface area contributed by atoms with Crippen LogP contribution in [0, 0.1) is 0 Å². The van der Waals surface area contributed by atoms with Crippen LogP contribution in [0.15, 0.2) is 42.5 Å². The van der Waals surface area contributed by atoms with E-state index in [4.69, 9.17) is 9.47 Å². The van der Waals surface area contributed by atoms with Gasteiger partial charge in [-0.15, -0.1) is 0 Å². The summed E-state index contributed by atoms with van der Waals surface area (Å²) in [4.78, 5) is 12.3. The molecule has 0 saturated heterocycles. The Kier molecular flexibility index (Phi) is 5.56. The lowest BCUT2D eigenvalue weighted by atomic mass is 10.0. The minimum absolute atomic E-state index is 0.316. The van der Waals surface area contributed by atoms with Crippen molar-refractivity contribution in [3.8, 4) is 11.5 Å². The predicted molar refractivity (Wildman–Crippen MR) is 86.9 cm³/mol. The van der Waals surface area contributed by atoms with Crippen molar-refractivity contribution in [2.24, 2.45) is 0 Å². The SMILES string of the molecule is COc1ccc(C(=O)N[C@H](C)c2cccc(C(F)(F)F)c2)cc1OC. The van der Waals surface area contributed by atoms with Crippen LogP contribution in [0.3, 0.4) is 0 Å². The third kappa shape index (κ3) is 4.43. The van der Waals surface area contributed by atoms with E-state index in [0.717, 1.165) is 12.1 Å². The zero-order chi connectivity index (χ0) is 18.6. The first-order valence-corrected chi connectivity index (χ1v) is 7.46. The number of hydrogen-bond donors (Lipinski definition) is 1. The van der Waals surface area contributed by atoms with Crippen LogP contribution in [-0.2, 0) is 6.18 Å². The maximum atomic E-state index is 12.8. The maximum Gasteiger partial charge on any atom is 0.416 e. The van der Waals surface area contributed by atoms with E-state index in [2.05, 4.69) is 5.32 Å². The first-order chi connectivity index (χ1) is 11.8. The van der Waals surface area contributed by atoms with Crippen LogP contribution >= 0.6 is 0 Å². The molecule has 1 N–H and O–H groups in total. The van der Waals surface area contributed by atoms with Gasteiger partial charge in [-0.1, -0.05) is 12.1 Å². The van der Waals surface area contributed by atoms with Crippen molar-refractivity contribution in [1.82, 2.24) is 5.32 Å². The summed E-state index contributed by atoms with van der Waals surface area (Å²) in [7, 11) is 2.93. The molecule has 0 saturated carbocycles. The van der Waals surface area contributed by atoms with Crippen molar-refractivity contribution in [2.75, 3.05) is 14.2 Å². The molecule has 2 rings (SSSR count). The molecule has 0 aromatic heterocycles. The number of ether oxygens (including phenoxy) is 2. The number of rotatable bonds is 5. The Bertz CT molecular complexity index is 759. The Balaban J connectivity index is 2.18. The molecule has 134 valence electrons. The molecule has 0 unspecified atom stereocenters. The molecule has 0 heterocycles. The van der Waals surface area contributed by atoms with E-state index in [1.165, 1.54) is 32.4 Å². The summed E-state index contributed by atoms with van der Waals surface area (Å²) in [6.45, 7) is 1.62. The molecule has 0 bridgehead atoms. The van der Waals surface area contributed by atoms with Crippen LogP contribution in [0.4, 0.5) is 13.2 Å². The quantitative estimate of drug-likeness (QED) is 0.876. The van der Waals surface area contributed by atoms with Crippen LogP contribution in [0.5, 0.6) is 11.5 Å². The number of carbonyl (C=O) groups is 1. The first kappa shape index (κ1) is 18.6. The van der Waals surface area contributed by atoms with Gasteiger partial charge in [-0.25, -0.2) is 0 Å². The number of hydrogen-bond acceptors (Lipinski definition) is 3. The first-order valence-electron chi connectivity index (χ1n) is 7.46. The number of carbonyl (C=O) groups excluding carboxylic acids is 1. The van der Waals surface area contributed by atoms with E-state index in [9.17, 15) is 18.0 Å². The summed E-state index contributed by atoms with van der Waals surface area (Å²) in [5.41, 5.74) is -0.0719.